The monoisotopic (exact) mass is 440 g/mol. The van der Waals surface area contributed by atoms with Crippen LogP contribution in [0.15, 0.2) is 59.5 Å². The second-order valence-electron chi connectivity index (χ2n) is 6.97. The molecule has 0 radical (unpaired) electrons. The van der Waals surface area contributed by atoms with Crippen LogP contribution < -0.4 is 4.90 Å². The van der Waals surface area contributed by atoms with Crippen LogP contribution in [0.3, 0.4) is 0 Å². The molecule has 1 fully saturated rings. The van der Waals surface area contributed by atoms with Gasteiger partial charge in [-0.25, -0.2) is 4.98 Å². The van der Waals surface area contributed by atoms with Crippen LogP contribution in [0.1, 0.15) is 23.7 Å². The number of rotatable bonds is 4. The number of likely N-dealkylation sites (tertiary alicyclic amines) is 1. The molecule has 0 bridgehead atoms. The minimum atomic E-state index is -0.00139. The van der Waals surface area contributed by atoms with Gasteiger partial charge in [-0.3, -0.25) is 4.79 Å². The summed E-state index contributed by atoms with van der Waals surface area (Å²) in [6.07, 6.45) is 5.88. The molecule has 0 saturated carbocycles. The standard InChI is InChI=1S/C20H21BrN6O/c1-14-11-16(25(2)19-12-15(21)7-8-22-19)13-26(14)20(28)17-5-3-4-6-18(17)27-23-9-10-24-27/h3-10,12,14,16H,11,13H2,1-2H3. The van der Waals surface area contributed by atoms with Crippen molar-refractivity contribution in [2.75, 3.05) is 18.5 Å². The number of benzene rings is 1. The van der Waals surface area contributed by atoms with Crippen LogP contribution in [-0.2, 0) is 0 Å². The number of pyridine rings is 1. The van der Waals surface area contributed by atoms with Crippen molar-refractivity contribution >= 4 is 27.7 Å². The third-order valence-corrected chi connectivity index (χ3v) is 5.69. The van der Waals surface area contributed by atoms with E-state index in [-0.39, 0.29) is 18.0 Å². The first-order valence-corrected chi connectivity index (χ1v) is 9.95. The normalized spacial score (nSPS) is 19.0. The van der Waals surface area contributed by atoms with Crippen molar-refractivity contribution in [1.29, 1.82) is 0 Å². The molecule has 2 atom stereocenters. The SMILES string of the molecule is CC1CC(N(C)c2cc(Br)ccn2)CN1C(=O)c1ccccc1-n1nccn1. The Kier molecular flexibility index (Phi) is 5.13. The second-order valence-corrected chi connectivity index (χ2v) is 7.89. The number of para-hydroxylation sites is 1. The van der Waals surface area contributed by atoms with E-state index in [4.69, 9.17) is 0 Å². The van der Waals surface area contributed by atoms with Gasteiger partial charge in [-0.15, -0.1) is 0 Å². The maximum Gasteiger partial charge on any atom is 0.256 e. The summed E-state index contributed by atoms with van der Waals surface area (Å²) in [6, 6.07) is 11.7. The molecular formula is C20H21BrN6O. The van der Waals surface area contributed by atoms with Crippen molar-refractivity contribution in [3.8, 4) is 5.69 Å². The molecule has 3 aromatic rings. The highest BCUT2D eigenvalue weighted by Crippen LogP contribution is 2.28. The molecule has 28 heavy (non-hydrogen) atoms. The number of likely N-dealkylation sites (N-methyl/N-ethyl adjacent to an activating group) is 1. The zero-order valence-electron chi connectivity index (χ0n) is 15.7. The first kappa shape index (κ1) is 18.6. The van der Waals surface area contributed by atoms with E-state index in [2.05, 4.69) is 42.9 Å². The van der Waals surface area contributed by atoms with E-state index < -0.39 is 0 Å². The lowest BCUT2D eigenvalue weighted by Gasteiger charge is -2.26. The Hall–Kier alpha value is -2.74. The second kappa shape index (κ2) is 7.71. The third-order valence-electron chi connectivity index (χ3n) is 5.20. The molecule has 1 saturated heterocycles. The minimum absolute atomic E-state index is 0.00139. The Labute approximate surface area is 172 Å². The molecule has 1 aromatic carbocycles. The Morgan fingerprint density at radius 2 is 1.93 bits per heavy atom. The molecule has 2 aromatic heterocycles. The summed E-state index contributed by atoms with van der Waals surface area (Å²) in [5.41, 5.74) is 1.30. The van der Waals surface area contributed by atoms with Gasteiger partial charge in [0.15, 0.2) is 0 Å². The van der Waals surface area contributed by atoms with E-state index in [1.807, 2.05) is 48.3 Å². The summed E-state index contributed by atoms with van der Waals surface area (Å²) in [6.45, 7) is 2.74. The van der Waals surface area contributed by atoms with Crippen LogP contribution in [-0.4, -0.2) is 56.5 Å². The van der Waals surface area contributed by atoms with Gasteiger partial charge in [0.25, 0.3) is 5.91 Å². The van der Waals surface area contributed by atoms with Crippen LogP contribution in [0.4, 0.5) is 5.82 Å². The Bertz CT molecular complexity index is 976. The number of hydrogen-bond acceptors (Lipinski definition) is 5. The van der Waals surface area contributed by atoms with E-state index in [1.54, 1.807) is 18.6 Å². The largest absolute Gasteiger partial charge is 0.355 e. The van der Waals surface area contributed by atoms with Crippen molar-refractivity contribution < 1.29 is 4.79 Å². The first-order chi connectivity index (χ1) is 13.5. The molecule has 8 heteroatoms. The van der Waals surface area contributed by atoms with Gasteiger partial charge in [0.2, 0.25) is 0 Å². The first-order valence-electron chi connectivity index (χ1n) is 9.15. The molecule has 1 aliphatic rings. The van der Waals surface area contributed by atoms with E-state index in [0.717, 1.165) is 16.7 Å². The third kappa shape index (κ3) is 3.52. The average Bonchev–Trinajstić information content (AvgIpc) is 3.37. The fraction of sp³-hybridized carbons (Fsp3) is 0.300. The predicted octanol–water partition coefficient (Wildman–Crippen LogP) is 3.16. The van der Waals surface area contributed by atoms with Gasteiger partial charge < -0.3 is 9.80 Å². The van der Waals surface area contributed by atoms with Gasteiger partial charge in [-0.2, -0.15) is 15.0 Å². The van der Waals surface area contributed by atoms with Crippen LogP contribution in [0.5, 0.6) is 0 Å². The van der Waals surface area contributed by atoms with Gasteiger partial charge in [0, 0.05) is 36.3 Å². The molecule has 7 nitrogen and oxygen atoms in total. The van der Waals surface area contributed by atoms with E-state index in [0.29, 0.717) is 17.8 Å². The van der Waals surface area contributed by atoms with Crippen molar-refractivity contribution in [1.82, 2.24) is 24.9 Å². The average molecular weight is 441 g/mol. The number of amides is 1. The van der Waals surface area contributed by atoms with Crippen molar-refractivity contribution in [2.24, 2.45) is 0 Å². The van der Waals surface area contributed by atoms with Gasteiger partial charge in [0.1, 0.15) is 5.82 Å². The number of carbonyl (C=O) groups excluding carboxylic acids is 1. The number of nitrogens with zero attached hydrogens (tertiary/aromatic N) is 6. The zero-order valence-corrected chi connectivity index (χ0v) is 17.3. The van der Waals surface area contributed by atoms with Gasteiger partial charge in [-0.1, -0.05) is 28.1 Å². The highest BCUT2D eigenvalue weighted by Gasteiger charge is 2.36. The predicted molar refractivity (Wildman–Crippen MR) is 111 cm³/mol. The van der Waals surface area contributed by atoms with Gasteiger partial charge in [-0.05, 0) is 37.6 Å². The zero-order chi connectivity index (χ0) is 19.7. The molecule has 1 aliphatic heterocycles. The number of halogens is 1. The number of anilines is 1. The van der Waals surface area contributed by atoms with E-state index >= 15 is 0 Å². The summed E-state index contributed by atoms with van der Waals surface area (Å²) >= 11 is 3.50. The summed E-state index contributed by atoms with van der Waals surface area (Å²) in [7, 11) is 2.03. The summed E-state index contributed by atoms with van der Waals surface area (Å²) < 4.78 is 0.990. The molecule has 144 valence electrons. The number of carbonyl (C=O) groups is 1. The Morgan fingerprint density at radius 3 is 2.68 bits per heavy atom. The topological polar surface area (TPSA) is 67.2 Å². The van der Waals surface area contributed by atoms with Crippen molar-refractivity contribution in [3.63, 3.8) is 0 Å². The van der Waals surface area contributed by atoms with Crippen molar-refractivity contribution in [3.05, 3.63) is 65.0 Å². The van der Waals surface area contributed by atoms with Gasteiger partial charge >= 0.3 is 0 Å². The molecule has 1 amide bonds. The summed E-state index contributed by atoms with van der Waals surface area (Å²) in [5, 5.41) is 8.36. The maximum absolute atomic E-state index is 13.3. The molecule has 0 aliphatic carbocycles. The molecule has 0 spiro atoms. The van der Waals surface area contributed by atoms with Gasteiger partial charge in [0.05, 0.1) is 23.6 Å². The van der Waals surface area contributed by atoms with Crippen LogP contribution in [0, 0.1) is 0 Å². The van der Waals surface area contributed by atoms with Crippen molar-refractivity contribution in [2.45, 2.75) is 25.4 Å². The van der Waals surface area contributed by atoms with Crippen LogP contribution in [0.25, 0.3) is 5.69 Å². The fourth-order valence-electron chi connectivity index (χ4n) is 3.66. The number of hydrogen-bond donors (Lipinski definition) is 0. The lowest BCUT2D eigenvalue weighted by atomic mass is 10.1. The summed E-state index contributed by atoms with van der Waals surface area (Å²) in [4.78, 5) is 23.4. The molecular weight excluding hydrogens is 420 g/mol. The maximum atomic E-state index is 13.3. The molecule has 3 heterocycles. The Balaban J connectivity index is 1.57. The summed E-state index contributed by atoms with van der Waals surface area (Å²) in [5.74, 6) is 0.889. The quantitative estimate of drug-likeness (QED) is 0.623. The lowest BCUT2D eigenvalue weighted by molar-refractivity contribution is 0.0745. The molecule has 4 rings (SSSR count). The smallest absolute Gasteiger partial charge is 0.256 e. The van der Waals surface area contributed by atoms with E-state index in [1.165, 1.54) is 4.80 Å². The van der Waals surface area contributed by atoms with E-state index in [9.17, 15) is 4.79 Å². The molecule has 2 unspecified atom stereocenters. The molecule has 0 N–H and O–H groups in total. The number of aromatic nitrogens is 4. The highest BCUT2D eigenvalue weighted by molar-refractivity contribution is 9.10. The lowest BCUT2D eigenvalue weighted by Crippen LogP contribution is -2.38. The minimum Gasteiger partial charge on any atom is -0.355 e. The highest BCUT2D eigenvalue weighted by atomic mass is 79.9. The Morgan fingerprint density at radius 1 is 1.18 bits per heavy atom. The van der Waals surface area contributed by atoms with Crippen LogP contribution in [0.2, 0.25) is 0 Å². The van der Waals surface area contributed by atoms with Crippen LogP contribution >= 0.6 is 15.9 Å². The fourth-order valence-corrected chi connectivity index (χ4v) is 3.99.